The molecule has 2 aromatic rings. The van der Waals surface area contributed by atoms with Crippen molar-refractivity contribution in [3.8, 4) is 0 Å². The van der Waals surface area contributed by atoms with E-state index in [2.05, 4.69) is 20.3 Å². The molecule has 21 heavy (non-hydrogen) atoms. The SMILES string of the molecule is COC[C@@H](NC(=O)c1cc(C)nc(C)n1)c1ccccn1. The fraction of sp³-hybridized carbons (Fsp3) is 0.333. The molecule has 0 spiro atoms. The van der Waals surface area contributed by atoms with Crippen LogP contribution in [0.3, 0.4) is 0 Å². The molecule has 0 aromatic carbocycles. The van der Waals surface area contributed by atoms with Crippen LogP contribution >= 0.6 is 0 Å². The maximum Gasteiger partial charge on any atom is 0.270 e. The van der Waals surface area contributed by atoms with Crippen molar-refractivity contribution in [1.82, 2.24) is 20.3 Å². The minimum Gasteiger partial charge on any atom is -0.382 e. The van der Waals surface area contributed by atoms with Gasteiger partial charge in [0.1, 0.15) is 11.5 Å². The normalized spacial score (nSPS) is 12.0. The third-order valence-corrected chi connectivity index (χ3v) is 2.88. The largest absolute Gasteiger partial charge is 0.382 e. The Hall–Kier alpha value is -2.34. The van der Waals surface area contributed by atoms with E-state index in [-0.39, 0.29) is 11.9 Å². The second-order valence-corrected chi connectivity index (χ2v) is 4.68. The third-order valence-electron chi connectivity index (χ3n) is 2.88. The van der Waals surface area contributed by atoms with Gasteiger partial charge in [-0.1, -0.05) is 6.07 Å². The monoisotopic (exact) mass is 286 g/mol. The first-order chi connectivity index (χ1) is 10.1. The minimum absolute atomic E-state index is 0.267. The Morgan fingerprint density at radius 2 is 2.14 bits per heavy atom. The molecular formula is C15H18N4O2. The van der Waals surface area contributed by atoms with E-state index in [4.69, 9.17) is 4.74 Å². The second-order valence-electron chi connectivity index (χ2n) is 4.68. The molecule has 0 bridgehead atoms. The fourth-order valence-corrected chi connectivity index (χ4v) is 2.02. The first-order valence-electron chi connectivity index (χ1n) is 6.63. The number of hydrogen-bond acceptors (Lipinski definition) is 5. The van der Waals surface area contributed by atoms with Gasteiger partial charge in [0.25, 0.3) is 5.91 Å². The van der Waals surface area contributed by atoms with E-state index in [1.165, 1.54) is 0 Å². The van der Waals surface area contributed by atoms with Crippen LogP contribution in [0.15, 0.2) is 30.5 Å². The highest BCUT2D eigenvalue weighted by atomic mass is 16.5. The van der Waals surface area contributed by atoms with Crippen molar-refractivity contribution in [2.45, 2.75) is 19.9 Å². The molecule has 0 saturated carbocycles. The van der Waals surface area contributed by atoms with E-state index in [9.17, 15) is 4.79 Å². The van der Waals surface area contributed by atoms with Crippen LogP contribution in [0, 0.1) is 13.8 Å². The van der Waals surface area contributed by atoms with Crippen LogP contribution in [0.4, 0.5) is 0 Å². The Labute approximate surface area is 123 Å². The van der Waals surface area contributed by atoms with Gasteiger partial charge in [0.2, 0.25) is 0 Å². The summed E-state index contributed by atoms with van der Waals surface area (Å²) in [4.78, 5) is 24.9. The van der Waals surface area contributed by atoms with Gasteiger partial charge in [-0.2, -0.15) is 0 Å². The highest BCUT2D eigenvalue weighted by Gasteiger charge is 2.18. The van der Waals surface area contributed by atoms with Gasteiger partial charge in [0, 0.05) is 19.0 Å². The van der Waals surface area contributed by atoms with Gasteiger partial charge in [0.05, 0.1) is 18.3 Å². The topological polar surface area (TPSA) is 77.0 Å². The summed E-state index contributed by atoms with van der Waals surface area (Å²) < 4.78 is 5.16. The number of amides is 1. The van der Waals surface area contributed by atoms with Crippen molar-refractivity contribution in [2.75, 3.05) is 13.7 Å². The summed E-state index contributed by atoms with van der Waals surface area (Å²) in [6, 6.07) is 6.88. The molecule has 1 atom stereocenters. The number of carbonyl (C=O) groups excluding carboxylic acids is 1. The predicted molar refractivity (Wildman–Crippen MR) is 77.8 cm³/mol. The average Bonchev–Trinajstić information content (AvgIpc) is 2.46. The number of pyridine rings is 1. The van der Waals surface area contributed by atoms with E-state index < -0.39 is 0 Å². The van der Waals surface area contributed by atoms with Gasteiger partial charge in [-0.05, 0) is 32.0 Å². The van der Waals surface area contributed by atoms with E-state index in [1.54, 1.807) is 26.3 Å². The summed E-state index contributed by atoms with van der Waals surface area (Å²) in [5, 5.41) is 2.89. The Morgan fingerprint density at radius 3 is 2.76 bits per heavy atom. The molecule has 0 fully saturated rings. The Kier molecular flexibility index (Phi) is 4.94. The van der Waals surface area contributed by atoms with Gasteiger partial charge in [0.15, 0.2) is 0 Å². The first kappa shape index (κ1) is 15.1. The maximum atomic E-state index is 12.3. The van der Waals surface area contributed by atoms with Gasteiger partial charge in [-0.25, -0.2) is 9.97 Å². The molecule has 2 heterocycles. The minimum atomic E-state index is -0.320. The quantitative estimate of drug-likeness (QED) is 0.903. The van der Waals surface area contributed by atoms with Crippen molar-refractivity contribution in [2.24, 2.45) is 0 Å². The summed E-state index contributed by atoms with van der Waals surface area (Å²) in [5.41, 5.74) is 1.85. The molecule has 1 N–H and O–H groups in total. The summed E-state index contributed by atoms with van der Waals surface area (Å²) in [6.45, 7) is 3.93. The summed E-state index contributed by atoms with van der Waals surface area (Å²) in [6.07, 6.45) is 1.68. The molecule has 2 rings (SSSR count). The van der Waals surface area contributed by atoms with E-state index in [1.807, 2.05) is 25.1 Å². The standard InChI is InChI=1S/C15H18N4O2/c1-10-8-13(18-11(2)17-10)15(20)19-14(9-21-3)12-6-4-5-7-16-12/h4-8,14H,9H2,1-3H3,(H,19,20)/t14-/m1/s1. The van der Waals surface area contributed by atoms with Crippen LogP contribution in [0.1, 0.15) is 33.7 Å². The van der Waals surface area contributed by atoms with E-state index >= 15 is 0 Å². The molecule has 6 heteroatoms. The smallest absolute Gasteiger partial charge is 0.270 e. The highest BCUT2D eigenvalue weighted by Crippen LogP contribution is 2.11. The average molecular weight is 286 g/mol. The summed E-state index contributed by atoms with van der Waals surface area (Å²) >= 11 is 0. The Morgan fingerprint density at radius 1 is 1.33 bits per heavy atom. The van der Waals surface area contributed by atoms with Gasteiger partial charge < -0.3 is 10.1 Å². The lowest BCUT2D eigenvalue weighted by Gasteiger charge is -2.17. The van der Waals surface area contributed by atoms with Crippen LogP contribution in [-0.4, -0.2) is 34.6 Å². The number of carbonyl (C=O) groups is 1. The van der Waals surface area contributed by atoms with Crippen LogP contribution in [-0.2, 0) is 4.74 Å². The second kappa shape index (κ2) is 6.90. The number of nitrogens with zero attached hydrogens (tertiary/aromatic N) is 3. The number of methoxy groups -OCH3 is 1. The van der Waals surface area contributed by atoms with Crippen molar-refractivity contribution in [3.63, 3.8) is 0 Å². The van der Waals surface area contributed by atoms with E-state index in [0.29, 0.717) is 18.1 Å². The zero-order valence-corrected chi connectivity index (χ0v) is 12.3. The first-order valence-corrected chi connectivity index (χ1v) is 6.63. The van der Waals surface area contributed by atoms with Crippen LogP contribution in [0.5, 0.6) is 0 Å². The Bertz CT molecular complexity index is 596. The number of hydrogen-bond donors (Lipinski definition) is 1. The highest BCUT2D eigenvalue weighted by molar-refractivity contribution is 5.92. The molecule has 0 aliphatic carbocycles. The van der Waals surface area contributed by atoms with Gasteiger partial charge in [-0.15, -0.1) is 0 Å². The lowest BCUT2D eigenvalue weighted by atomic mass is 10.2. The number of aromatic nitrogens is 3. The summed E-state index contributed by atoms with van der Waals surface area (Å²) in [5.74, 6) is 0.303. The molecule has 1 amide bonds. The number of rotatable bonds is 5. The van der Waals surface area contributed by atoms with Crippen molar-refractivity contribution in [3.05, 3.63) is 53.4 Å². The molecular weight excluding hydrogens is 268 g/mol. The van der Waals surface area contributed by atoms with Crippen molar-refractivity contribution < 1.29 is 9.53 Å². The van der Waals surface area contributed by atoms with Crippen molar-refractivity contribution in [1.29, 1.82) is 0 Å². The van der Waals surface area contributed by atoms with Gasteiger partial charge in [-0.3, -0.25) is 9.78 Å². The molecule has 6 nitrogen and oxygen atoms in total. The number of aryl methyl sites for hydroxylation is 2. The number of nitrogens with one attached hydrogen (secondary N) is 1. The maximum absolute atomic E-state index is 12.3. The van der Waals surface area contributed by atoms with Gasteiger partial charge >= 0.3 is 0 Å². The predicted octanol–water partition coefficient (Wildman–Crippen LogP) is 1.61. The number of ether oxygens (including phenoxy) is 1. The Balaban J connectivity index is 2.18. The molecule has 0 radical (unpaired) electrons. The molecule has 110 valence electrons. The molecule has 0 aliphatic heterocycles. The fourth-order valence-electron chi connectivity index (χ4n) is 2.02. The zero-order valence-electron chi connectivity index (χ0n) is 12.3. The third kappa shape index (κ3) is 4.06. The van der Waals surface area contributed by atoms with Crippen LogP contribution in [0.2, 0.25) is 0 Å². The lowest BCUT2D eigenvalue weighted by Crippen LogP contribution is -2.32. The van der Waals surface area contributed by atoms with Crippen LogP contribution in [0.25, 0.3) is 0 Å². The molecule has 0 aliphatic rings. The van der Waals surface area contributed by atoms with E-state index in [0.717, 1.165) is 11.4 Å². The van der Waals surface area contributed by atoms with Crippen molar-refractivity contribution >= 4 is 5.91 Å². The molecule has 0 saturated heterocycles. The molecule has 2 aromatic heterocycles. The zero-order chi connectivity index (χ0) is 15.2. The summed E-state index contributed by atoms with van der Waals surface area (Å²) in [7, 11) is 1.58. The molecule has 0 unspecified atom stereocenters. The lowest BCUT2D eigenvalue weighted by molar-refractivity contribution is 0.0889. The van der Waals surface area contributed by atoms with Crippen LogP contribution < -0.4 is 5.32 Å².